The van der Waals surface area contributed by atoms with Gasteiger partial charge in [0.1, 0.15) is 10.8 Å². The molecular weight excluding hydrogens is 256 g/mol. The predicted octanol–water partition coefficient (Wildman–Crippen LogP) is 2.68. The summed E-state index contributed by atoms with van der Waals surface area (Å²) >= 11 is 7.33. The topological polar surface area (TPSA) is 77.8 Å². The van der Waals surface area contributed by atoms with Crippen molar-refractivity contribution in [3.8, 4) is 11.1 Å². The number of nitrogens with two attached hydrogens (primary N) is 2. The molecule has 1 aromatic carbocycles. The van der Waals surface area contributed by atoms with E-state index < -0.39 is 0 Å². The average Bonchev–Trinajstić information content (AvgIpc) is 2.30. The average molecular weight is 267 g/mol. The number of anilines is 2. The van der Waals surface area contributed by atoms with E-state index in [4.69, 9.17) is 23.1 Å². The van der Waals surface area contributed by atoms with Crippen LogP contribution in [0.4, 0.5) is 11.8 Å². The van der Waals surface area contributed by atoms with Crippen molar-refractivity contribution >= 4 is 35.1 Å². The van der Waals surface area contributed by atoms with Crippen molar-refractivity contribution < 1.29 is 0 Å². The van der Waals surface area contributed by atoms with Crippen molar-refractivity contribution in [1.82, 2.24) is 9.97 Å². The Hall–Kier alpha value is -1.46. The number of halogens is 1. The second-order valence-corrected chi connectivity index (χ2v) is 4.59. The van der Waals surface area contributed by atoms with Crippen LogP contribution in [0.3, 0.4) is 0 Å². The first-order valence-corrected chi connectivity index (χ1v) is 6.45. The number of aromatic nitrogens is 2. The molecule has 0 radical (unpaired) electrons. The quantitative estimate of drug-likeness (QED) is 0.645. The van der Waals surface area contributed by atoms with E-state index in [2.05, 4.69) is 9.97 Å². The van der Waals surface area contributed by atoms with Gasteiger partial charge < -0.3 is 11.5 Å². The largest absolute Gasteiger partial charge is 0.383 e. The zero-order chi connectivity index (χ0) is 12.4. The molecule has 88 valence electrons. The summed E-state index contributed by atoms with van der Waals surface area (Å²) in [5, 5.41) is 1.44. The number of nitrogens with zero attached hydrogens (tertiary/aromatic N) is 2. The molecule has 6 heteroatoms. The first kappa shape index (κ1) is 12.0. The minimum Gasteiger partial charge on any atom is -0.383 e. The normalized spacial score (nSPS) is 10.5. The smallest absolute Gasteiger partial charge is 0.223 e. The molecule has 4 nitrogen and oxygen atoms in total. The highest BCUT2D eigenvalue weighted by molar-refractivity contribution is 7.98. The Morgan fingerprint density at radius 1 is 1.12 bits per heavy atom. The molecule has 0 spiro atoms. The van der Waals surface area contributed by atoms with Crippen LogP contribution in [0.15, 0.2) is 29.3 Å². The zero-order valence-corrected chi connectivity index (χ0v) is 10.7. The maximum Gasteiger partial charge on any atom is 0.223 e. The molecule has 0 saturated heterocycles. The highest BCUT2D eigenvalue weighted by Gasteiger charge is 2.12. The molecule has 1 heterocycles. The fourth-order valence-electron chi connectivity index (χ4n) is 1.51. The Morgan fingerprint density at radius 3 is 2.35 bits per heavy atom. The first-order valence-electron chi connectivity index (χ1n) is 4.84. The van der Waals surface area contributed by atoms with Gasteiger partial charge in [-0.05, 0) is 24.0 Å². The summed E-state index contributed by atoms with van der Waals surface area (Å²) < 4.78 is 0. The Morgan fingerprint density at radius 2 is 1.76 bits per heavy atom. The van der Waals surface area contributed by atoms with Crippen molar-refractivity contribution in [1.29, 1.82) is 0 Å². The van der Waals surface area contributed by atoms with Gasteiger partial charge in [0.05, 0.1) is 5.56 Å². The standard InChI is InChI=1S/C11H11ClN4S/c1-17-10-8(9(13)15-11(14)16-10)6-2-4-7(12)5-3-6/h2-5H,1H3,(H4,13,14,15,16). The minimum absolute atomic E-state index is 0.185. The van der Waals surface area contributed by atoms with Crippen molar-refractivity contribution in [3.05, 3.63) is 29.3 Å². The van der Waals surface area contributed by atoms with Gasteiger partial charge in [-0.3, -0.25) is 0 Å². The van der Waals surface area contributed by atoms with Crippen LogP contribution in [-0.2, 0) is 0 Å². The molecule has 2 aromatic rings. The van der Waals surface area contributed by atoms with Gasteiger partial charge in [-0.1, -0.05) is 23.7 Å². The highest BCUT2D eigenvalue weighted by Crippen LogP contribution is 2.33. The van der Waals surface area contributed by atoms with Crippen LogP contribution < -0.4 is 11.5 Å². The third-order valence-corrected chi connectivity index (χ3v) is 3.18. The fraction of sp³-hybridized carbons (Fsp3) is 0.0909. The van der Waals surface area contributed by atoms with E-state index in [0.717, 1.165) is 16.2 Å². The Labute approximate surface area is 108 Å². The molecule has 4 N–H and O–H groups in total. The van der Waals surface area contributed by atoms with E-state index in [1.165, 1.54) is 11.8 Å². The van der Waals surface area contributed by atoms with Crippen LogP contribution in [0, 0.1) is 0 Å². The van der Waals surface area contributed by atoms with Crippen LogP contribution in [-0.4, -0.2) is 16.2 Å². The van der Waals surface area contributed by atoms with E-state index >= 15 is 0 Å². The second kappa shape index (κ2) is 4.81. The van der Waals surface area contributed by atoms with Gasteiger partial charge >= 0.3 is 0 Å². The van der Waals surface area contributed by atoms with Crippen molar-refractivity contribution in [2.24, 2.45) is 0 Å². The van der Waals surface area contributed by atoms with Gasteiger partial charge in [0, 0.05) is 5.02 Å². The lowest BCUT2D eigenvalue weighted by Crippen LogP contribution is -2.03. The molecule has 0 aliphatic rings. The van der Waals surface area contributed by atoms with Gasteiger partial charge in [-0.2, -0.15) is 4.98 Å². The van der Waals surface area contributed by atoms with Crippen LogP contribution in [0.25, 0.3) is 11.1 Å². The van der Waals surface area contributed by atoms with Crippen LogP contribution >= 0.6 is 23.4 Å². The summed E-state index contributed by atoms with van der Waals surface area (Å²) in [4.78, 5) is 8.15. The lowest BCUT2D eigenvalue weighted by Gasteiger charge is -2.10. The lowest BCUT2D eigenvalue weighted by atomic mass is 10.1. The van der Waals surface area contributed by atoms with Gasteiger partial charge in [-0.15, -0.1) is 11.8 Å². The molecule has 0 aliphatic carbocycles. The van der Waals surface area contributed by atoms with Gasteiger partial charge in [-0.25, -0.2) is 4.98 Å². The SMILES string of the molecule is CSc1nc(N)nc(N)c1-c1ccc(Cl)cc1. The van der Waals surface area contributed by atoms with Crippen LogP contribution in [0.5, 0.6) is 0 Å². The summed E-state index contributed by atoms with van der Waals surface area (Å²) in [6, 6.07) is 7.37. The summed E-state index contributed by atoms with van der Waals surface area (Å²) in [5.41, 5.74) is 13.2. The van der Waals surface area contributed by atoms with Gasteiger partial charge in [0.15, 0.2) is 0 Å². The van der Waals surface area contributed by atoms with Crippen molar-refractivity contribution in [2.75, 3.05) is 17.7 Å². The summed E-state index contributed by atoms with van der Waals surface area (Å²) in [6.45, 7) is 0. The molecule has 1 aromatic heterocycles. The molecule has 0 fully saturated rings. The first-order chi connectivity index (χ1) is 8.11. The van der Waals surface area contributed by atoms with E-state index in [9.17, 15) is 0 Å². The Kier molecular flexibility index (Phi) is 3.40. The number of benzene rings is 1. The number of thioether (sulfide) groups is 1. The molecule has 0 bridgehead atoms. The zero-order valence-electron chi connectivity index (χ0n) is 9.14. The molecular formula is C11H11ClN4S. The number of hydrogen-bond acceptors (Lipinski definition) is 5. The highest BCUT2D eigenvalue weighted by atomic mass is 35.5. The third kappa shape index (κ3) is 2.45. The molecule has 2 rings (SSSR count). The molecule has 0 unspecified atom stereocenters. The monoisotopic (exact) mass is 266 g/mol. The lowest BCUT2D eigenvalue weighted by molar-refractivity contribution is 1.08. The van der Waals surface area contributed by atoms with Crippen molar-refractivity contribution in [2.45, 2.75) is 5.03 Å². The predicted molar refractivity (Wildman–Crippen MR) is 73.1 cm³/mol. The molecule has 17 heavy (non-hydrogen) atoms. The fourth-order valence-corrected chi connectivity index (χ4v) is 2.25. The maximum absolute atomic E-state index is 5.89. The molecule has 0 atom stereocenters. The minimum atomic E-state index is 0.185. The number of nitrogen functional groups attached to an aromatic ring is 2. The van der Waals surface area contributed by atoms with Crippen LogP contribution in [0.1, 0.15) is 0 Å². The molecule has 0 amide bonds. The Balaban J connectivity index is 2.61. The van der Waals surface area contributed by atoms with E-state index in [1.807, 2.05) is 18.4 Å². The molecule has 0 aliphatic heterocycles. The number of rotatable bonds is 2. The second-order valence-electron chi connectivity index (χ2n) is 3.36. The van der Waals surface area contributed by atoms with Gasteiger partial charge in [0.25, 0.3) is 0 Å². The number of hydrogen-bond donors (Lipinski definition) is 2. The van der Waals surface area contributed by atoms with Crippen LogP contribution in [0.2, 0.25) is 5.02 Å². The Bertz CT molecular complexity index is 542. The van der Waals surface area contributed by atoms with E-state index in [-0.39, 0.29) is 5.95 Å². The summed E-state index contributed by atoms with van der Waals surface area (Å²) in [7, 11) is 0. The summed E-state index contributed by atoms with van der Waals surface area (Å²) in [6.07, 6.45) is 1.92. The summed E-state index contributed by atoms with van der Waals surface area (Å²) in [5.74, 6) is 0.564. The van der Waals surface area contributed by atoms with Crippen molar-refractivity contribution in [3.63, 3.8) is 0 Å². The third-order valence-electron chi connectivity index (χ3n) is 2.25. The van der Waals surface area contributed by atoms with E-state index in [1.54, 1.807) is 12.1 Å². The maximum atomic E-state index is 5.89. The molecule has 0 saturated carbocycles. The van der Waals surface area contributed by atoms with Gasteiger partial charge in [0.2, 0.25) is 5.95 Å². The van der Waals surface area contributed by atoms with E-state index in [0.29, 0.717) is 10.8 Å².